The van der Waals surface area contributed by atoms with Crippen LogP contribution in [-0.2, 0) is 6.54 Å². The quantitative estimate of drug-likeness (QED) is 0.563. The van der Waals surface area contributed by atoms with Gasteiger partial charge in [-0.1, -0.05) is 37.3 Å². The highest BCUT2D eigenvalue weighted by Gasteiger charge is 2.05. The smallest absolute Gasteiger partial charge is 0.189 e. The fraction of sp³-hybridized carbons (Fsp3) is 0.273. The molecule has 0 aliphatic carbocycles. The first kappa shape index (κ1) is 10.6. The molecule has 3 N–H and O–H groups in total. The van der Waals surface area contributed by atoms with Crippen LogP contribution >= 0.6 is 0 Å². The van der Waals surface area contributed by atoms with E-state index in [1.54, 1.807) is 4.90 Å². The largest absolute Gasteiger partial charge is 0.370 e. The zero-order chi connectivity index (χ0) is 10.4. The minimum absolute atomic E-state index is 0.0932. The summed E-state index contributed by atoms with van der Waals surface area (Å²) in [5, 5.41) is 7.38. The summed E-state index contributed by atoms with van der Waals surface area (Å²) >= 11 is 0. The molecule has 0 saturated heterocycles. The molecule has 0 aliphatic rings. The first-order valence-corrected chi connectivity index (χ1v) is 4.72. The summed E-state index contributed by atoms with van der Waals surface area (Å²) in [5.41, 5.74) is 6.61. The fourth-order valence-electron chi connectivity index (χ4n) is 1.25. The zero-order valence-electron chi connectivity index (χ0n) is 8.40. The van der Waals surface area contributed by atoms with E-state index in [4.69, 9.17) is 11.1 Å². The Morgan fingerprint density at radius 3 is 2.57 bits per heavy atom. The Kier molecular flexibility index (Phi) is 3.98. The summed E-state index contributed by atoms with van der Waals surface area (Å²) in [6.45, 7) is 4.63. The molecule has 0 heterocycles. The van der Waals surface area contributed by atoms with Crippen LogP contribution in [0.3, 0.4) is 0 Å². The molecule has 1 aromatic carbocycles. The van der Waals surface area contributed by atoms with E-state index in [-0.39, 0.29) is 5.96 Å². The van der Waals surface area contributed by atoms with Crippen molar-refractivity contribution in [3.05, 3.63) is 42.4 Å². The number of nitrogens with two attached hydrogens (primary N) is 1. The number of hydrogen-bond donors (Lipinski definition) is 2. The third kappa shape index (κ3) is 3.09. The molecule has 75 valence electrons. The van der Waals surface area contributed by atoms with E-state index in [0.29, 0.717) is 6.54 Å². The molecule has 3 nitrogen and oxygen atoms in total. The van der Waals surface area contributed by atoms with E-state index in [0.717, 1.165) is 12.0 Å². The molecule has 1 radical (unpaired) electrons. The molecular weight excluding hydrogens is 174 g/mol. The molecule has 0 bridgehead atoms. The third-order valence-electron chi connectivity index (χ3n) is 1.91. The number of nitrogens with one attached hydrogen (secondary N) is 1. The Balaban J connectivity index is 2.60. The van der Waals surface area contributed by atoms with Gasteiger partial charge in [-0.05, 0) is 12.0 Å². The molecule has 0 fully saturated rings. The minimum atomic E-state index is 0.0932. The van der Waals surface area contributed by atoms with Crippen LogP contribution in [0.25, 0.3) is 0 Å². The van der Waals surface area contributed by atoms with Gasteiger partial charge in [0.2, 0.25) is 0 Å². The predicted molar refractivity (Wildman–Crippen MR) is 58.5 cm³/mol. The van der Waals surface area contributed by atoms with Crippen LogP contribution in [0.5, 0.6) is 0 Å². The minimum Gasteiger partial charge on any atom is -0.370 e. The maximum Gasteiger partial charge on any atom is 0.189 e. The van der Waals surface area contributed by atoms with E-state index in [1.165, 1.54) is 0 Å². The van der Waals surface area contributed by atoms with E-state index >= 15 is 0 Å². The maximum absolute atomic E-state index is 7.38. The summed E-state index contributed by atoms with van der Waals surface area (Å²) in [6, 6.07) is 10.0. The molecule has 0 aromatic heterocycles. The maximum atomic E-state index is 7.38. The number of benzene rings is 1. The number of guanidine groups is 1. The second kappa shape index (κ2) is 5.27. The first-order valence-electron chi connectivity index (χ1n) is 4.72. The van der Waals surface area contributed by atoms with Crippen LogP contribution in [0.4, 0.5) is 0 Å². The Morgan fingerprint density at radius 2 is 2.07 bits per heavy atom. The van der Waals surface area contributed by atoms with Gasteiger partial charge in [-0.15, -0.1) is 0 Å². The lowest BCUT2D eigenvalue weighted by Gasteiger charge is -2.21. The first-order chi connectivity index (χ1) is 6.74. The molecule has 0 atom stereocenters. The Morgan fingerprint density at radius 1 is 1.43 bits per heavy atom. The predicted octanol–water partition coefficient (Wildman–Crippen LogP) is 1.95. The van der Waals surface area contributed by atoms with Crippen molar-refractivity contribution >= 4 is 5.96 Å². The van der Waals surface area contributed by atoms with Gasteiger partial charge in [-0.25, -0.2) is 0 Å². The van der Waals surface area contributed by atoms with Gasteiger partial charge in [-0.3, -0.25) is 5.41 Å². The Hall–Kier alpha value is -1.51. The molecule has 0 spiro atoms. The third-order valence-corrected chi connectivity index (χ3v) is 1.91. The topological polar surface area (TPSA) is 53.1 Å². The molecule has 0 amide bonds. The molecule has 0 saturated carbocycles. The van der Waals surface area contributed by atoms with Crippen molar-refractivity contribution in [2.45, 2.75) is 19.9 Å². The van der Waals surface area contributed by atoms with Gasteiger partial charge >= 0.3 is 0 Å². The summed E-state index contributed by atoms with van der Waals surface area (Å²) in [4.78, 5) is 1.75. The molecular formula is C11H16N3. The van der Waals surface area contributed by atoms with Crippen molar-refractivity contribution in [2.24, 2.45) is 5.73 Å². The van der Waals surface area contributed by atoms with Crippen LogP contribution in [-0.4, -0.2) is 10.9 Å². The van der Waals surface area contributed by atoms with E-state index < -0.39 is 0 Å². The lowest BCUT2D eigenvalue weighted by atomic mass is 10.2. The highest BCUT2D eigenvalue weighted by atomic mass is 15.2. The summed E-state index contributed by atoms with van der Waals surface area (Å²) in [7, 11) is 0. The fourth-order valence-corrected chi connectivity index (χ4v) is 1.25. The average molecular weight is 190 g/mol. The molecule has 1 rings (SSSR count). The van der Waals surface area contributed by atoms with Gasteiger partial charge < -0.3 is 10.6 Å². The SMILES string of the molecule is CC[CH]N(Cc1ccccc1)C(=N)N. The van der Waals surface area contributed by atoms with Gasteiger partial charge in [0, 0.05) is 6.54 Å². The Bertz CT molecular complexity index is 282. The van der Waals surface area contributed by atoms with E-state index in [1.807, 2.05) is 43.8 Å². The van der Waals surface area contributed by atoms with Crippen LogP contribution in [0, 0.1) is 12.0 Å². The second-order valence-electron chi connectivity index (χ2n) is 3.09. The molecule has 14 heavy (non-hydrogen) atoms. The van der Waals surface area contributed by atoms with Crippen molar-refractivity contribution < 1.29 is 0 Å². The van der Waals surface area contributed by atoms with Gasteiger partial charge in [0.05, 0.1) is 6.54 Å². The standard InChI is InChI=1S/C11H16N3/c1-2-8-14(11(12)13)9-10-6-4-3-5-7-10/h3-8H,2,9H2,1H3,(H3,12,13). The number of nitrogens with zero attached hydrogens (tertiary/aromatic N) is 1. The molecule has 0 aliphatic heterocycles. The van der Waals surface area contributed by atoms with Crippen molar-refractivity contribution in [2.75, 3.05) is 0 Å². The molecule has 1 aromatic rings. The lowest BCUT2D eigenvalue weighted by molar-refractivity contribution is 0.473. The van der Waals surface area contributed by atoms with Crippen molar-refractivity contribution in [3.8, 4) is 0 Å². The summed E-state index contributed by atoms with van der Waals surface area (Å²) in [5.74, 6) is 0.0932. The van der Waals surface area contributed by atoms with Crippen LogP contribution in [0.1, 0.15) is 18.9 Å². The van der Waals surface area contributed by atoms with Gasteiger partial charge in [0.15, 0.2) is 5.96 Å². The van der Waals surface area contributed by atoms with E-state index in [2.05, 4.69) is 0 Å². The van der Waals surface area contributed by atoms with E-state index in [9.17, 15) is 0 Å². The summed E-state index contributed by atoms with van der Waals surface area (Å²) < 4.78 is 0. The highest BCUT2D eigenvalue weighted by molar-refractivity contribution is 5.75. The van der Waals surface area contributed by atoms with Crippen molar-refractivity contribution in [3.63, 3.8) is 0 Å². The molecule has 3 heteroatoms. The van der Waals surface area contributed by atoms with Gasteiger partial charge in [0.25, 0.3) is 0 Å². The average Bonchev–Trinajstić information content (AvgIpc) is 2.18. The van der Waals surface area contributed by atoms with Crippen molar-refractivity contribution in [1.82, 2.24) is 4.90 Å². The normalized spacial score (nSPS) is 9.79. The second-order valence-corrected chi connectivity index (χ2v) is 3.09. The van der Waals surface area contributed by atoms with Gasteiger partial charge in [0.1, 0.15) is 0 Å². The van der Waals surface area contributed by atoms with Gasteiger partial charge in [-0.2, -0.15) is 0 Å². The monoisotopic (exact) mass is 190 g/mol. The van der Waals surface area contributed by atoms with Crippen molar-refractivity contribution in [1.29, 1.82) is 5.41 Å². The Labute approximate surface area is 85.0 Å². The van der Waals surface area contributed by atoms with Crippen LogP contribution < -0.4 is 5.73 Å². The van der Waals surface area contributed by atoms with Crippen LogP contribution in [0.15, 0.2) is 30.3 Å². The number of rotatable bonds is 4. The highest BCUT2D eigenvalue weighted by Crippen LogP contribution is 2.06. The summed E-state index contributed by atoms with van der Waals surface area (Å²) in [6.07, 6.45) is 0.881. The van der Waals surface area contributed by atoms with Crippen LogP contribution in [0.2, 0.25) is 0 Å². The lowest BCUT2D eigenvalue weighted by Crippen LogP contribution is -2.33. The molecule has 0 unspecified atom stereocenters. The number of hydrogen-bond acceptors (Lipinski definition) is 1. The zero-order valence-corrected chi connectivity index (χ0v) is 8.40.